The van der Waals surface area contributed by atoms with E-state index >= 15 is 0 Å². The number of likely N-dealkylation sites (tertiary alicyclic amines) is 1. The number of hydrogen-bond donors (Lipinski definition) is 2. The molecule has 2 aliphatic heterocycles. The predicted octanol–water partition coefficient (Wildman–Crippen LogP) is 2.99. The third-order valence-corrected chi connectivity index (χ3v) is 8.81. The van der Waals surface area contributed by atoms with Crippen LogP contribution in [-0.4, -0.2) is 63.8 Å². The van der Waals surface area contributed by atoms with E-state index in [4.69, 9.17) is 4.42 Å². The van der Waals surface area contributed by atoms with E-state index in [1.54, 1.807) is 0 Å². The van der Waals surface area contributed by atoms with E-state index in [2.05, 4.69) is 29.4 Å². The number of aliphatic hydroxyl groups is 1. The van der Waals surface area contributed by atoms with Gasteiger partial charge in [-0.2, -0.15) is 0 Å². The topological polar surface area (TPSA) is 91.5 Å². The third kappa shape index (κ3) is 3.56. The molecule has 1 amide bonds. The molecule has 1 aromatic rings. The van der Waals surface area contributed by atoms with Crippen LogP contribution in [0.1, 0.15) is 82.9 Å². The Labute approximate surface area is 187 Å². The molecule has 1 aromatic heterocycles. The van der Waals surface area contributed by atoms with E-state index in [-0.39, 0.29) is 42.0 Å². The van der Waals surface area contributed by atoms with Crippen molar-refractivity contribution in [1.29, 1.82) is 0 Å². The van der Waals surface area contributed by atoms with Crippen LogP contribution in [0.4, 0.5) is 8.78 Å². The molecule has 0 bridgehead atoms. The van der Waals surface area contributed by atoms with E-state index < -0.39 is 17.4 Å². The molecule has 0 aromatic carbocycles. The number of halogens is 2. The van der Waals surface area contributed by atoms with Gasteiger partial charge in [0.2, 0.25) is 23.6 Å². The van der Waals surface area contributed by atoms with Crippen molar-refractivity contribution in [1.82, 2.24) is 20.4 Å². The zero-order chi connectivity index (χ0) is 22.7. The van der Waals surface area contributed by atoms with Gasteiger partial charge in [0.25, 0.3) is 0 Å². The molecule has 4 aliphatic rings. The van der Waals surface area contributed by atoms with Crippen molar-refractivity contribution in [3.63, 3.8) is 0 Å². The first-order valence-electron chi connectivity index (χ1n) is 12.1. The first-order chi connectivity index (χ1) is 15.1. The van der Waals surface area contributed by atoms with Crippen LogP contribution in [-0.2, 0) is 10.2 Å². The standard InChI is InChI=1S/C23H34F2N4O3/c1-14(2)22(20-28-27-18(32-20)15-4-8-23(24,25)9-5-15)12-29(13-22)19(31)16-10-17(30)21(11-26-16)6-3-7-21/h14-17,26,30H,3-13H2,1-2H3/t16-,17+/m0/s1. The van der Waals surface area contributed by atoms with Crippen LogP contribution in [0.25, 0.3) is 0 Å². The molecule has 178 valence electrons. The van der Waals surface area contributed by atoms with Gasteiger partial charge in [-0.05, 0) is 38.0 Å². The lowest BCUT2D eigenvalue weighted by Crippen LogP contribution is -2.68. The van der Waals surface area contributed by atoms with Gasteiger partial charge in [-0.25, -0.2) is 8.78 Å². The Balaban J connectivity index is 1.23. The number of piperidine rings is 1. The minimum absolute atomic E-state index is 0.0174. The summed E-state index contributed by atoms with van der Waals surface area (Å²) in [6, 6.07) is -0.358. The molecule has 3 heterocycles. The average molecular weight is 453 g/mol. The summed E-state index contributed by atoms with van der Waals surface area (Å²) in [5.41, 5.74) is -0.446. The van der Waals surface area contributed by atoms with Crippen LogP contribution in [0, 0.1) is 11.3 Å². The highest BCUT2D eigenvalue weighted by atomic mass is 19.3. The summed E-state index contributed by atoms with van der Waals surface area (Å²) in [6.07, 6.45) is 3.65. The molecule has 0 radical (unpaired) electrons. The molecule has 5 rings (SSSR count). The normalized spacial score (nSPS) is 31.4. The summed E-state index contributed by atoms with van der Waals surface area (Å²) in [4.78, 5) is 14.9. The van der Waals surface area contributed by atoms with Crippen molar-refractivity contribution in [2.45, 2.75) is 94.6 Å². The van der Waals surface area contributed by atoms with Crippen LogP contribution in [0.3, 0.4) is 0 Å². The van der Waals surface area contributed by atoms with Crippen molar-refractivity contribution >= 4 is 5.91 Å². The molecule has 0 unspecified atom stereocenters. The van der Waals surface area contributed by atoms with Gasteiger partial charge in [0.15, 0.2) is 0 Å². The quantitative estimate of drug-likeness (QED) is 0.730. The molecule has 1 spiro atoms. The van der Waals surface area contributed by atoms with Gasteiger partial charge in [-0.15, -0.1) is 10.2 Å². The Morgan fingerprint density at radius 1 is 1.19 bits per heavy atom. The van der Waals surface area contributed by atoms with Gasteiger partial charge in [0, 0.05) is 43.8 Å². The molecule has 4 fully saturated rings. The monoisotopic (exact) mass is 452 g/mol. The lowest BCUT2D eigenvalue weighted by atomic mass is 9.62. The number of alkyl halides is 2. The zero-order valence-corrected chi connectivity index (χ0v) is 18.9. The Morgan fingerprint density at radius 2 is 1.88 bits per heavy atom. The smallest absolute Gasteiger partial charge is 0.248 e. The predicted molar refractivity (Wildman–Crippen MR) is 112 cm³/mol. The molecular weight excluding hydrogens is 418 g/mol. The number of amides is 1. The van der Waals surface area contributed by atoms with Crippen LogP contribution in [0.2, 0.25) is 0 Å². The lowest BCUT2D eigenvalue weighted by Gasteiger charge is -2.54. The number of carbonyl (C=O) groups excluding carboxylic acids is 1. The number of carbonyl (C=O) groups is 1. The summed E-state index contributed by atoms with van der Waals surface area (Å²) in [5, 5.41) is 22.5. The second kappa shape index (κ2) is 7.72. The number of aromatic nitrogens is 2. The molecule has 2 atom stereocenters. The maximum absolute atomic E-state index is 13.5. The first kappa shape index (κ1) is 22.2. The number of hydrogen-bond acceptors (Lipinski definition) is 6. The summed E-state index contributed by atoms with van der Waals surface area (Å²) in [7, 11) is 0. The summed E-state index contributed by atoms with van der Waals surface area (Å²) in [6.45, 7) is 5.84. The van der Waals surface area contributed by atoms with Crippen LogP contribution >= 0.6 is 0 Å². The molecule has 2 N–H and O–H groups in total. The molecule has 32 heavy (non-hydrogen) atoms. The Morgan fingerprint density at radius 3 is 2.44 bits per heavy atom. The average Bonchev–Trinajstić information content (AvgIpc) is 3.15. The van der Waals surface area contributed by atoms with Crippen LogP contribution < -0.4 is 5.32 Å². The highest BCUT2D eigenvalue weighted by Crippen LogP contribution is 2.48. The van der Waals surface area contributed by atoms with E-state index in [1.165, 1.54) is 0 Å². The van der Waals surface area contributed by atoms with Gasteiger partial charge in [0.1, 0.15) is 0 Å². The summed E-state index contributed by atoms with van der Waals surface area (Å²) in [5.74, 6) is -1.56. The maximum atomic E-state index is 13.5. The fraction of sp³-hybridized carbons (Fsp3) is 0.870. The lowest BCUT2D eigenvalue weighted by molar-refractivity contribution is -0.149. The van der Waals surface area contributed by atoms with Gasteiger partial charge >= 0.3 is 0 Å². The van der Waals surface area contributed by atoms with Crippen molar-refractivity contribution < 1.29 is 23.1 Å². The second-order valence-corrected chi connectivity index (χ2v) is 11.0. The van der Waals surface area contributed by atoms with Gasteiger partial charge < -0.3 is 19.7 Å². The fourth-order valence-corrected chi connectivity index (χ4v) is 5.98. The SMILES string of the molecule is CC(C)C1(c2nnc(C3CCC(F)(F)CC3)o2)CN(C(=O)[C@@H]2C[C@@H](O)C3(CCC3)CN2)C1. The Bertz CT molecular complexity index is 853. The van der Waals surface area contributed by atoms with E-state index in [0.29, 0.717) is 50.7 Å². The fourth-order valence-electron chi connectivity index (χ4n) is 5.98. The molecule has 7 nitrogen and oxygen atoms in total. The maximum Gasteiger partial charge on any atom is 0.248 e. The summed E-state index contributed by atoms with van der Waals surface area (Å²) < 4.78 is 33.0. The van der Waals surface area contributed by atoms with E-state index in [0.717, 1.165) is 19.3 Å². The van der Waals surface area contributed by atoms with Crippen LogP contribution in [0.15, 0.2) is 4.42 Å². The number of aliphatic hydroxyl groups excluding tert-OH is 1. The van der Waals surface area contributed by atoms with Gasteiger partial charge in [-0.1, -0.05) is 20.3 Å². The molecule has 2 saturated heterocycles. The van der Waals surface area contributed by atoms with E-state index in [1.807, 2.05) is 4.90 Å². The minimum atomic E-state index is -2.59. The summed E-state index contributed by atoms with van der Waals surface area (Å²) >= 11 is 0. The van der Waals surface area contributed by atoms with Crippen molar-refractivity contribution in [3.8, 4) is 0 Å². The first-order valence-corrected chi connectivity index (χ1v) is 12.1. The van der Waals surface area contributed by atoms with Crippen molar-refractivity contribution in [2.24, 2.45) is 11.3 Å². The van der Waals surface area contributed by atoms with Gasteiger partial charge in [-0.3, -0.25) is 4.79 Å². The highest BCUT2D eigenvalue weighted by molar-refractivity contribution is 5.83. The molecule has 2 saturated carbocycles. The Hall–Kier alpha value is -1.61. The Kier molecular flexibility index (Phi) is 5.36. The van der Waals surface area contributed by atoms with E-state index in [9.17, 15) is 18.7 Å². The molecular formula is C23H34F2N4O3. The number of nitrogens with zero attached hydrogens (tertiary/aromatic N) is 3. The number of rotatable bonds is 4. The molecule has 9 heteroatoms. The minimum Gasteiger partial charge on any atom is -0.424 e. The van der Waals surface area contributed by atoms with Crippen molar-refractivity contribution in [3.05, 3.63) is 11.8 Å². The van der Waals surface area contributed by atoms with Gasteiger partial charge in [0.05, 0.1) is 17.6 Å². The number of nitrogens with one attached hydrogen (secondary N) is 1. The second-order valence-electron chi connectivity index (χ2n) is 11.0. The zero-order valence-electron chi connectivity index (χ0n) is 18.9. The van der Waals surface area contributed by atoms with Crippen LogP contribution in [0.5, 0.6) is 0 Å². The molecule has 2 aliphatic carbocycles. The third-order valence-electron chi connectivity index (χ3n) is 8.81. The van der Waals surface area contributed by atoms with Crippen molar-refractivity contribution in [2.75, 3.05) is 19.6 Å². The largest absolute Gasteiger partial charge is 0.424 e. The highest BCUT2D eigenvalue weighted by Gasteiger charge is 2.55.